The van der Waals surface area contributed by atoms with Gasteiger partial charge in [0.05, 0.1) is 5.69 Å². The van der Waals surface area contributed by atoms with Crippen LogP contribution in [0.4, 0.5) is 17.1 Å². The normalized spacial score (nSPS) is 11.6. The number of anilines is 3. The summed E-state index contributed by atoms with van der Waals surface area (Å²) in [4.78, 5) is 2.37. The van der Waals surface area contributed by atoms with Gasteiger partial charge in [-0.25, -0.2) is 0 Å². The summed E-state index contributed by atoms with van der Waals surface area (Å²) >= 11 is 1.87. The zero-order chi connectivity index (χ0) is 36.3. The van der Waals surface area contributed by atoms with E-state index in [0.29, 0.717) is 0 Å². The molecule has 55 heavy (non-hydrogen) atoms. The van der Waals surface area contributed by atoms with Crippen molar-refractivity contribution >= 4 is 81.3 Å². The average molecular weight is 720 g/mol. The molecule has 2 aromatic heterocycles. The molecule has 0 unspecified atom stereocenters. The van der Waals surface area contributed by atoms with Crippen molar-refractivity contribution in [3.8, 4) is 33.4 Å². The maximum atomic E-state index is 6.73. The maximum Gasteiger partial charge on any atom is 0.159 e. The Labute approximate surface area is 322 Å². The van der Waals surface area contributed by atoms with Gasteiger partial charge in [0.1, 0.15) is 5.58 Å². The monoisotopic (exact) mass is 719 g/mol. The van der Waals surface area contributed by atoms with Crippen LogP contribution in [0.15, 0.2) is 205 Å². The zero-order valence-electron chi connectivity index (χ0n) is 29.8. The summed E-state index contributed by atoms with van der Waals surface area (Å²) < 4.78 is 9.33. The fourth-order valence-electron chi connectivity index (χ4n) is 8.27. The van der Waals surface area contributed by atoms with E-state index in [1.165, 1.54) is 58.8 Å². The predicted molar refractivity (Wildman–Crippen MR) is 235 cm³/mol. The van der Waals surface area contributed by atoms with E-state index in [1.54, 1.807) is 0 Å². The third kappa shape index (κ3) is 5.32. The molecule has 3 heteroatoms. The van der Waals surface area contributed by atoms with Crippen LogP contribution < -0.4 is 4.90 Å². The van der Waals surface area contributed by atoms with Gasteiger partial charge in [0.15, 0.2) is 5.58 Å². The van der Waals surface area contributed by atoms with Crippen LogP contribution in [0, 0.1) is 0 Å². The summed E-state index contributed by atoms with van der Waals surface area (Å²) in [6.45, 7) is 0. The first-order chi connectivity index (χ1) is 27.3. The predicted octanol–water partition coefficient (Wildman–Crippen LogP) is 15.6. The molecular formula is C52H33NOS. The lowest BCUT2D eigenvalue weighted by Crippen LogP contribution is -2.10. The van der Waals surface area contributed by atoms with Crippen molar-refractivity contribution in [2.45, 2.75) is 0 Å². The smallest absolute Gasteiger partial charge is 0.159 e. The van der Waals surface area contributed by atoms with E-state index in [4.69, 9.17) is 4.42 Å². The Morgan fingerprint density at radius 2 is 1.04 bits per heavy atom. The van der Waals surface area contributed by atoms with Crippen LogP contribution in [0.1, 0.15) is 0 Å². The minimum absolute atomic E-state index is 0.861. The summed E-state index contributed by atoms with van der Waals surface area (Å²) in [7, 11) is 0. The van der Waals surface area contributed by atoms with Gasteiger partial charge in [-0.05, 0) is 92.7 Å². The number of fused-ring (bicyclic) bond motifs is 7. The molecule has 0 N–H and O–H groups in total. The van der Waals surface area contributed by atoms with Crippen LogP contribution in [0.2, 0.25) is 0 Å². The molecule has 0 saturated heterocycles. The van der Waals surface area contributed by atoms with Crippen LogP contribution in [-0.4, -0.2) is 0 Å². The van der Waals surface area contributed by atoms with Crippen molar-refractivity contribution in [1.82, 2.24) is 0 Å². The lowest BCUT2D eigenvalue weighted by atomic mass is 9.96. The number of furan rings is 1. The molecule has 0 bridgehead atoms. The van der Waals surface area contributed by atoms with E-state index in [2.05, 4.69) is 199 Å². The van der Waals surface area contributed by atoms with Crippen molar-refractivity contribution in [3.05, 3.63) is 200 Å². The number of hydrogen-bond donors (Lipinski definition) is 0. The van der Waals surface area contributed by atoms with Gasteiger partial charge in [-0.2, -0.15) is 0 Å². The van der Waals surface area contributed by atoms with Crippen LogP contribution in [0.5, 0.6) is 0 Å². The maximum absolute atomic E-state index is 6.73. The Kier molecular flexibility index (Phi) is 7.39. The Morgan fingerprint density at radius 1 is 0.382 bits per heavy atom. The van der Waals surface area contributed by atoms with Crippen LogP contribution >= 0.6 is 11.3 Å². The number of nitrogens with zero attached hydrogens (tertiary/aromatic N) is 1. The van der Waals surface area contributed by atoms with Gasteiger partial charge in [-0.15, -0.1) is 11.3 Å². The zero-order valence-corrected chi connectivity index (χ0v) is 30.6. The van der Waals surface area contributed by atoms with Gasteiger partial charge in [0.25, 0.3) is 0 Å². The number of rotatable bonds is 6. The van der Waals surface area contributed by atoms with Gasteiger partial charge in [-0.1, -0.05) is 152 Å². The highest BCUT2D eigenvalue weighted by molar-refractivity contribution is 7.26. The second-order valence-electron chi connectivity index (χ2n) is 14.1. The first-order valence-corrected chi connectivity index (χ1v) is 19.5. The molecule has 0 aliphatic heterocycles. The van der Waals surface area contributed by atoms with Gasteiger partial charge < -0.3 is 9.32 Å². The first kappa shape index (κ1) is 31.6. The second kappa shape index (κ2) is 12.9. The minimum Gasteiger partial charge on any atom is -0.454 e. The van der Waals surface area contributed by atoms with Gasteiger partial charge in [-0.3, -0.25) is 0 Å². The highest BCUT2D eigenvalue weighted by atomic mass is 32.1. The summed E-state index contributed by atoms with van der Waals surface area (Å²) in [5.41, 5.74) is 12.0. The van der Waals surface area contributed by atoms with E-state index < -0.39 is 0 Å². The molecular weight excluding hydrogens is 687 g/mol. The SMILES string of the molecule is c1ccc(-c2cc(-c3cccc4c3sc3ccccc34)cc(N(c3ccc(-c4cccc5ccccc45)cc3)c3cccc4c3oc3ccccc34)c2)cc1. The molecule has 0 fully saturated rings. The minimum atomic E-state index is 0.861. The lowest BCUT2D eigenvalue weighted by molar-refractivity contribution is 0.669. The molecule has 11 aromatic rings. The molecule has 9 aromatic carbocycles. The molecule has 0 aliphatic carbocycles. The fraction of sp³-hybridized carbons (Fsp3) is 0. The van der Waals surface area contributed by atoms with Crippen molar-refractivity contribution in [3.63, 3.8) is 0 Å². The Morgan fingerprint density at radius 3 is 1.93 bits per heavy atom. The van der Waals surface area contributed by atoms with Crippen molar-refractivity contribution < 1.29 is 4.42 Å². The number of hydrogen-bond acceptors (Lipinski definition) is 3. The van der Waals surface area contributed by atoms with Crippen LogP contribution in [0.3, 0.4) is 0 Å². The average Bonchev–Trinajstić information content (AvgIpc) is 3.83. The largest absolute Gasteiger partial charge is 0.454 e. The number of benzene rings is 9. The highest BCUT2D eigenvalue weighted by Gasteiger charge is 2.22. The topological polar surface area (TPSA) is 16.4 Å². The highest BCUT2D eigenvalue weighted by Crippen LogP contribution is 2.46. The third-order valence-electron chi connectivity index (χ3n) is 10.8. The molecule has 0 spiro atoms. The van der Waals surface area contributed by atoms with Crippen LogP contribution in [0.25, 0.3) is 86.3 Å². The Balaban J connectivity index is 1.17. The summed E-state index contributed by atoms with van der Waals surface area (Å²) in [6.07, 6.45) is 0. The van der Waals surface area contributed by atoms with Crippen LogP contribution in [-0.2, 0) is 0 Å². The molecule has 0 aliphatic rings. The molecule has 2 nitrogen and oxygen atoms in total. The van der Waals surface area contributed by atoms with E-state index >= 15 is 0 Å². The fourth-order valence-corrected chi connectivity index (χ4v) is 9.51. The number of thiophene rings is 1. The standard InChI is InChI=1S/C52H33NOS/c1-2-13-34(14-3-1)37-31-38(43-21-11-23-47-45-19-7-9-26-50(45)55-52(43)47)33-40(32-37)53(48-24-12-22-46-44-18-6-8-25-49(44)54-51(46)48)39-29-27-36(28-30-39)42-20-10-16-35-15-4-5-17-41(35)42/h1-33H. The molecule has 0 radical (unpaired) electrons. The summed E-state index contributed by atoms with van der Waals surface area (Å²) in [6, 6.07) is 72.2. The van der Waals surface area contributed by atoms with E-state index in [1.807, 2.05) is 17.4 Å². The van der Waals surface area contributed by atoms with Gasteiger partial charge in [0, 0.05) is 42.3 Å². The molecule has 258 valence electrons. The van der Waals surface area contributed by atoms with Crippen molar-refractivity contribution in [2.24, 2.45) is 0 Å². The van der Waals surface area contributed by atoms with Crippen molar-refractivity contribution in [2.75, 3.05) is 4.90 Å². The molecule has 11 rings (SSSR count). The summed E-state index contributed by atoms with van der Waals surface area (Å²) in [5, 5.41) is 7.28. The van der Waals surface area contributed by atoms with E-state index in [-0.39, 0.29) is 0 Å². The van der Waals surface area contributed by atoms with E-state index in [9.17, 15) is 0 Å². The quantitative estimate of drug-likeness (QED) is 0.170. The first-order valence-electron chi connectivity index (χ1n) is 18.7. The van der Waals surface area contributed by atoms with Gasteiger partial charge in [0.2, 0.25) is 0 Å². The molecule has 0 saturated carbocycles. The second-order valence-corrected chi connectivity index (χ2v) is 15.1. The Hall–Kier alpha value is -6.94. The third-order valence-corrected chi connectivity index (χ3v) is 12.1. The Bertz CT molecular complexity index is 3200. The molecule has 0 atom stereocenters. The molecule has 0 amide bonds. The van der Waals surface area contributed by atoms with Gasteiger partial charge >= 0.3 is 0 Å². The van der Waals surface area contributed by atoms with E-state index in [0.717, 1.165) is 44.6 Å². The lowest BCUT2D eigenvalue weighted by Gasteiger charge is -2.27. The van der Waals surface area contributed by atoms with Crippen molar-refractivity contribution in [1.29, 1.82) is 0 Å². The molecule has 2 heterocycles. The number of para-hydroxylation sites is 2. The summed E-state index contributed by atoms with van der Waals surface area (Å²) in [5.74, 6) is 0.